The van der Waals surface area contributed by atoms with E-state index in [4.69, 9.17) is 0 Å². The number of carbonyl (C=O) groups is 1. The highest BCUT2D eigenvalue weighted by molar-refractivity contribution is 7.93. The van der Waals surface area contributed by atoms with Crippen molar-refractivity contribution in [2.24, 2.45) is 0 Å². The highest BCUT2D eigenvalue weighted by Crippen LogP contribution is 2.29. The third kappa shape index (κ3) is 3.14. The number of sulfonamides is 1. The molecule has 1 aromatic carbocycles. The molecular weight excluding hydrogens is 323 g/mol. The van der Waals surface area contributed by atoms with Gasteiger partial charge >= 0.3 is 0 Å². The number of carbonyl (C=O) groups excluding carboxylic acids is 1. The minimum absolute atomic E-state index is 0.0113. The van der Waals surface area contributed by atoms with Crippen LogP contribution in [0.4, 0.5) is 15.8 Å². The smallest absolute Gasteiger partial charge is 0.275 e. The Morgan fingerprint density at radius 2 is 2.13 bits per heavy atom. The fourth-order valence-corrected chi connectivity index (χ4v) is 3.86. The Bertz CT molecular complexity index is 842. The largest absolute Gasteiger partial charge is 0.321 e. The number of rotatable bonds is 3. The number of anilines is 2. The van der Waals surface area contributed by atoms with Crippen molar-refractivity contribution in [3.8, 4) is 0 Å². The van der Waals surface area contributed by atoms with Crippen LogP contribution in [0.15, 0.2) is 36.8 Å². The van der Waals surface area contributed by atoms with Gasteiger partial charge in [0, 0.05) is 24.6 Å². The van der Waals surface area contributed by atoms with Crippen molar-refractivity contribution < 1.29 is 17.6 Å². The Morgan fingerprint density at radius 3 is 2.78 bits per heavy atom. The van der Waals surface area contributed by atoms with Crippen LogP contribution in [0.1, 0.15) is 16.9 Å². The van der Waals surface area contributed by atoms with E-state index in [2.05, 4.69) is 15.3 Å². The summed E-state index contributed by atoms with van der Waals surface area (Å²) in [6.45, 7) is 0.223. The second kappa shape index (κ2) is 5.92. The first-order valence-electron chi connectivity index (χ1n) is 6.85. The van der Waals surface area contributed by atoms with E-state index in [9.17, 15) is 17.6 Å². The van der Waals surface area contributed by atoms with Crippen LogP contribution in [0.25, 0.3) is 0 Å². The zero-order valence-corrected chi connectivity index (χ0v) is 12.8. The van der Waals surface area contributed by atoms with Crippen molar-refractivity contribution in [1.29, 1.82) is 0 Å². The molecule has 1 saturated heterocycles. The van der Waals surface area contributed by atoms with E-state index in [1.807, 2.05) is 0 Å². The highest BCUT2D eigenvalue weighted by atomic mass is 32.2. The Morgan fingerprint density at radius 1 is 1.30 bits per heavy atom. The zero-order valence-electron chi connectivity index (χ0n) is 11.9. The first-order valence-corrected chi connectivity index (χ1v) is 8.45. The molecule has 0 saturated carbocycles. The molecule has 23 heavy (non-hydrogen) atoms. The number of nitrogens with zero attached hydrogens (tertiary/aromatic N) is 3. The number of hydrogen-bond donors (Lipinski definition) is 1. The monoisotopic (exact) mass is 336 g/mol. The standard InChI is InChI=1S/C14H13FN4O3S/c15-11-3-2-10(18-14(20)12-9-16-4-5-17-12)8-13(11)19-6-1-7-23(19,21)22/h2-5,8-9H,1,6-7H2,(H,18,20). The van der Waals surface area contributed by atoms with E-state index < -0.39 is 21.7 Å². The van der Waals surface area contributed by atoms with Gasteiger partial charge < -0.3 is 5.32 Å². The Hall–Kier alpha value is -2.55. The summed E-state index contributed by atoms with van der Waals surface area (Å²) in [5.74, 6) is -1.18. The predicted octanol–water partition coefficient (Wildman–Crippen LogP) is 1.41. The van der Waals surface area contributed by atoms with Crippen molar-refractivity contribution in [3.05, 3.63) is 48.3 Å². The number of nitrogens with one attached hydrogen (secondary N) is 1. The summed E-state index contributed by atoms with van der Waals surface area (Å²) in [5, 5.41) is 2.55. The van der Waals surface area contributed by atoms with E-state index >= 15 is 0 Å². The van der Waals surface area contributed by atoms with Crippen LogP contribution in [0.5, 0.6) is 0 Å². The minimum atomic E-state index is -3.50. The molecule has 120 valence electrons. The number of amides is 1. The molecule has 0 spiro atoms. The molecule has 7 nitrogen and oxygen atoms in total. The van der Waals surface area contributed by atoms with Gasteiger partial charge in [-0.25, -0.2) is 17.8 Å². The van der Waals surface area contributed by atoms with Gasteiger partial charge in [0.2, 0.25) is 10.0 Å². The number of benzene rings is 1. The third-order valence-corrected chi connectivity index (χ3v) is 5.22. The van der Waals surface area contributed by atoms with Crippen molar-refractivity contribution >= 4 is 27.3 Å². The van der Waals surface area contributed by atoms with E-state index in [0.717, 1.165) is 10.4 Å². The molecule has 2 heterocycles. The van der Waals surface area contributed by atoms with Crippen molar-refractivity contribution in [1.82, 2.24) is 9.97 Å². The van der Waals surface area contributed by atoms with Gasteiger partial charge in [-0.15, -0.1) is 0 Å². The van der Waals surface area contributed by atoms with Crippen LogP contribution in [-0.4, -0.2) is 36.6 Å². The second-order valence-electron chi connectivity index (χ2n) is 4.95. The molecule has 3 rings (SSSR count). The van der Waals surface area contributed by atoms with Crippen molar-refractivity contribution in [2.75, 3.05) is 21.9 Å². The number of halogens is 1. The minimum Gasteiger partial charge on any atom is -0.321 e. The Kier molecular flexibility index (Phi) is 3.95. The first kappa shape index (κ1) is 15.3. The molecule has 0 atom stereocenters. The molecule has 9 heteroatoms. The van der Waals surface area contributed by atoms with Crippen LogP contribution in [-0.2, 0) is 10.0 Å². The summed E-state index contributed by atoms with van der Waals surface area (Å²) in [4.78, 5) is 19.7. The summed E-state index contributed by atoms with van der Waals surface area (Å²) in [6, 6.07) is 3.78. The number of aromatic nitrogens is 2. The van der Waals surface area contributed by atoms with Gasteiger partial charge in [-0.1, -0.05) is 0 Å². The van der Waals surface area contributed by atoms with Gasteiger partial charge in [0.25, 0.3) is 5.91 Å². The van der Waals surface area contributed by atoms with Gasteiger partial charge in [0.05, 0.1) is 17.6 Å². The average molecular weight is 336 g/mol. The van der Waals surface area contributed by atoms with Crippen molar-refractivity contribution in [2.45, 2.75) is 6.42 Å². The first-order chi connectivity index (χ1) is 11.0. The summed E-state index contributed by atoms with van der Waals surface area (Å²) < 4.78 is 38.9. The summed E-state index contributed by atoms with van der Waals surface area (Å²) >= 11 is 0. The van der Waals surface area contributed by atoms with Crippen molar-refractivity contribution in [3.63, 3.8) is 0 Å². The van der Waals surface area contributed by atoms with E-state index in [-0.39, 0.29) is 29.4 Å². The quantitative estimate of drug-likeness (QED) is 0.915. The Labute approximate surface area is 132 Å². The topological polar surface area (TPSA) is 92.3 Å². The molecule has 2 aromatic rings. The molecule has 1 N–H and O–H groups in total. The summed E-state index contributed by atoms with van der Waals surface area (Å²) in [5.41, 5.74) is 0.311. The Balaban J connectivity index is 1.88. The lowest BCUT2D eigenvalue weighted by molar-refractivity contribution is 0.102. The van der Waals surface area contributed by atoms with E-state index in [1.165, 1.54) is 30.7 Å². The normalized spacial score (nSPS) is 16.3. The second-order valence-corrected chi connectivity index (χ2v) is 6.97. The third-order valence-electron chi connectivity index (χ3n) is 3.37. The number of hydrogen-bond acceptors (Lipinski definition) is 5. The molecule has 1 amide bonds. The highest BCUT2D eigenvalue weighted by Gasteiger charge is 2.30. The predicted molar refractivity (Wildman–Crippen MR) is 82.1 cm³/mol. The molecule has 1 aliphatic rings. The molecule has 0 aliphatic carbocycles. The lowest BCUT2D eigenvalue weighted by atomic mass is 10.2. The average Bonchev–Trinajstić information content (AvgIpc) is 2.89. The molecule has 1 aliphatic heterocycles. The van der Waals surface area contributed by atoms with Gasteiger partial charge in [0.1, 0.15) is 11.5 Å². The van der Waals surface area contributed by atoms with Gasteiger partial charge in [0.15, 0.2) is 0 Å². The lowest BCUT2D eigenvalue weighted by Crippen LogP contribution is -2.26. The van der Waals surface area contributed by atoms with Crippen LogP contribution >= 0.6 is 0 Å². The molecule has 0 bridgehead atoms. The van der Waals surface area contributed by atoms with Gasteiger partial charge in [-0.2, -0.15) is 0 Å². The van der Waals surface area contributed by atoms with E-state index in [1.54, 1.807) is 0 Å². The summed E-state index contributed by atoms with van der Waals surface area (Å²) in [6.07, 6.45) is 4.55. The van der Waals surface area contributed by atoms with Crippen LogP contribution in [0.3, 0.4) is 0 Å². The van der Waals surface area contributed by atoms with E-state index in [0.29, 0.717) is 6.42 Å². The summed E-state index contributed by atoms with van der Waals surface area (Å²) in [7, 11) is -3.50. The lowest BCUT2D eigenvalue weighted by Gasteiger charge is -2.18. The molecular formula is C14H13FN4O3S. The maximum absolute atomic E-state index is 14.0. The van der Waals surface area contributed by atoms with Crippen LogP contribution in [0, 0.1) is 5.82 Å². The molecule has 0 radical (unpaired) electrons. The fraction of sp³-hybridized carbons (Fsp3) is 0.214. The molecule has 1 fully saturated rings. The van der Waals surface area contributed by atoms with Crippen LogP contribution < -0.4 is 9.62 Å². The fourth-order valence-electron chi connectivity index (χ4n) is 2.30. The van der Waals surface area contributed by atoms with Gasteiger partial charge in [-0.3, -0.25) is 14.1 Å². The molecule has 1 aromatic heterocycles. The maximum Gasteiger partial charge on any atom is 0.275 e. The van der Waals surface area contributed by atoms with Gasteiger partial charge in [-0.05, 0) is 24.6 Å². The molecule has 0 unspecified atom stereocenters. The van der Waals surface area contributed by atoms with Crippen LogP contribution in [0.2, 0.25) is 0 Å². The zero-order chi connectivity index (χ0) is 16.4. The SMILES string of the molecule is O=C(Nc1ccc(F)c(N2CCCS2(=O)=O)c1)c1cnccn1. The maximum atomic E-state index is 14.0.